The van der Waals surface area contributed by atoms with Crippen LogP contribution < -0.4 is 0 Å². The number of benzene rings is 1. The Bertz CT molecular complexity index is 423. The number of nitrogens with zero attached hydrogens (tertiary/aromatic N) is 1. The van der Waals surface area contributed by atoms with E-state index in [9.17, 15) is 9.50 Å². The van der Waals surface area contributed by atoms with Crippen LogP contribution in [0, 0.1) is 11.7 Å². The van der Waals surface area contributed by atoms with Crippen LogP contribution in [0.2, 0.25) is 0 Å². The minimum Gasteiger partial charge on any atom is -0.388 e. The Hall–Kier alpha value is -0.930. The number of hydrogen-bond acceptors (Lipinski definition) is 2. The molecule has 20 heavy (non-hydrogen) atoms. The van der Waals surface area contributed by atoms with Crippen molar-refractivity contribution in [3.8, 4) is 0 Å². The lowest BCUT2D eigenvalue weighted by molar-refractivity contribution is 0.103. The van der Waals surface area contributed by atoms with Crippen molar-refractivity contribution in [1.82, 2.24) is 4.90 Å². The topological polar surface area (TPSA) is 23.5 Å². The van der Waals surface area contributed by atoms with Gasteiger partial charge in [-0.15, -0.1) is 0 Å². The van der Waals surface area contributed by atoms with Crippen molar-refractivity contribution in [2.45, 2.75) is 51.2 Å². The van der Waals surface area contributed by atoms with Crippen LogP contribution in [0.25, 0.3) is 0 Å². The molecular weight excluding hydrogens is 253 g/mol. The Morgan fingerprint density at radius 3 is 2.80 bits per heavy atom. The summed E-state index contributed by atoms with van der Waals surface area (Å²) in [5, 5.41) is 10.2. The molecule has 1 saturated carbocycles. The Kier molecular flexibility index (Phi) is 5.55. The van der Waals surface area contributed by atoms with E-state index in [1.807, 2.05) is 0 Å². The van der Waals surface area contributed by atoms with E-state index in [0.29, 0.717) is 18.0 Å². The Morgan fingerprint density at radius 2 is 2.10 bits per heavy atom. The Labute approximate surface area is 121 Å². The molecule has 3 atom stereocenters. The minimum absolute atomic E-state index is 0.282. The first-order chi connectivity index (χ1) is 9.58. The highest BCUT2D eigenvalue weighted by molar-refractivity contribution is 5.18. The van der Waals surface area contributed by atoms with Crippen molar-refractivity contribution in [3.63, 3.8) is 0 Å². The van der Waals surface area contributed by atoms with Crippen LogP contribution in [0.4, 0.5) is 4.39 Å². The lowest BCUT2D eigenvalue weighted by atomic mass is 9.85. The van der Waals surface area contributed by atoms with Gasteiger partial charge in [-0.05, 0) is 49.9 Å². The summed E-state index contributed by atoms with van der Waals surface area (Å²) in [4.78, 5) is 2.37. The molecule has 3 unspecified atom stereocenters. The van der Waals surface area contributed by atoms with Gasteiger partial charge in [-0.2, -0.15) is 0 Å². The number of hydrogen-bond donors (Lipinski definition) is 1. The summed E-state index contributed by atoms with van der Waals surface area (Å²) >= 11 is 0. The van der Waals surface area contributed by atoms with Crippen molar-refractivity contribution >= 4 is 0 Å². The van der Waals surface area contributed by atoms with E-state index in [-0.39, 0.29) is 5.82 Å². The summed E-state index contributed by atoms with van der Waals surface area (Å²) in [5.74, 6) is 0.455. The van der Waals surface area contributed by atoms with Crippen LogP contribution in [0.3, 0.4) is 0 Å². The van der Waals surface area contributed by atoms with Crippen molar-refractivity contribution in [3.05, 3.63) is 35.6 Å². The summed E-state index contributed by atoms with van der Waals surface area (Å²) in [6.45, 7) is 3.18. The van der Waals surface area contributed by atoms with Gasteiger partial charge in [0, 0.05) is 12.6 Å². The van der Waals surface area contributed by atoms with E-state index in [2.05, 4.69) is 18.9 Å². The first-order valence-corrected chi connectivity index (χ1v) is 7.71. The smallest absolute Gasteiger partial charge is 0.123 e. The summed E-state index contributed by atoms with van der Waals surface area (Å²) < 4.78 is 13.1. The van der Waals surface area contributed by atoms with E-state index < -0.39 is 6.10 Å². The second kappa shape index (κ2) is 7.19. The predicted molar refractivity (Wildman–Crippen MR) is 80.0 cm³/mol. The molecule has 0 heterocycles. The molecule has 1 aliphatic carbocycles. The lowest BCUT2D eigenvalue weighted by Crippen LogP contribution is -2.39. The van der Waals surface area contributed by atoms with Gasteiger partial charge in [-0.25, -0.2) is 4.39 Å². The molecule has 0 aromatic heterocycles. The average molecular weight is 279 g/mol. The quantitative estimate of drug-likeness (QED) is 0.887. The van der Waals surface area contributed by atoms with Crippen LogP contribution in [0.15, 0.2) is 24.3 Å². The molecule has 0 saturated heterocycles. The number of rotatable bonds is 5. The second-order valence-electron chi connectivity index (χ2n) is 6.17. The first kappa shape index (κ1) is 15.5. The van der Waals surface area contributed by atoms with Crippen LogP contribution in [0.5, 0.6) is 0 Å². The molecule has 1 fully saturated rings. The van der Waals surface area contributed by atoms with Crippen molar-refractivity contribution in [1.29, 1.82) is 0 Å². The molecule has 0 bridgehead atoms. The first-order valence-electron chi connectivity index (χ1n) is 7.71. The molecule has 2 nitrogen and oxygen atoms in total. The molecule has 0 radical (unpaired) electrons. The SMILES string of the molecule is CC1CCCCC1N(C)CCC(O)c1cccc(F)c1. The zero-order chi connectivity index (χ0) is 14.5. The summed E-state index contributed by atoms with van der Waals surface area (Å²) in [7, 11) is 2.14. The Morgan fingerprint density at radius 1 is 1.35 bits per heavy atom. The van der Waals surface area contributed by atoms with Gasteiger partial charge in [0.1, 0.15) is 5.82 Å². The molecule has 1 aromatic rings. The standard InChI is InChI=1S/C17H26FNO/c1-13-6-3-4-9-16(13)19(2)11-10-17(20)14-7-5-8-15(18)12-14/h5,7-8,12-13,16-17,20H,3-4,6,9-11H2,1-2H3. The van der Waals surface area contributed by atoms with Crippen LogP contribution in [-0.2, 0) is 0 Å². The summed E-state index contributed by atoms with van der Waals surface area (Å²) in [6, 6.07) is 6.90. The van der Waals surface area contributed by atoms with Gasteiger partial charge >= 0.3 is 0 Å². The van der Waals surface area contributed by atoms with Gasteiger partial charge in [-0.3, -0.25) is 0 Å². The zero-order valence-corrected chi connectivity index (χ0v) is 12.6. The van der Waals surface area contributed by atoms with Gasteiger partial charge in [0.05, 0.1) is 6.10 Å². The number of aliphatic hydroxyl groups excluding tert-OH is 1. The second-order valence-corrected chi connectivity index (χ2v) is 6.17. The molecule has 1 aromatic carbocycles. The fourth-order valence-corrected chi connectivity index (χ4v) is 3.32. The van der Waals surface area contributed by atoms with Crippen molar-refractivity contribution < 1.29 is 9.50 Å². The van der Waals surface area contributed by atoms with Crippen molar-refractivity contribution in [2.24, 2.45) is 5.92 Å². The number of aliphatic hydroxyl groups is 1. The molecule has 112 valence electrons. The average Bonchev–Trinajstić information content (AvgIpc) is 2.45. The summed E-state index contributed by atoms with van der Waals surface area (Å²) in [5.41, 5.74) is 0.676. The van der Waals surface area contributed by atoms with Crippen LogP contribution in [0.1, 0.15) is 50.7 Å². The molecule has 2 rings (SSSR count). The monoisotopic (exact) mass is 279 g/mol. The molecule has 0 spiro atoms. The molecule has 1 aliphatic rings. The Balaban J connectivity index is 1.84. The van der Waals surface area contributed by atoms with E-state index in [1.165, 1.54) is 37.8 Å². The highest BCUT2D eigenvalue weighted by Gasteiger charge is 2.25. The lowest BCUT2D eigenvalue weighted by Gasteiger charge is -2.36. The largest absolute Gasteiger partial charge is 0.388 e. The fourth-order valence-electron chi connectivity index (χ4n) is 3.32. The maximum Gasteiger partial charge on any atom is 0.123 e. The predicted octanol–water partition coefficient (Wildman–Crippen LogP) is 3.76. The maximum atomic E-state index is 13.1. The highest BCUT2D eigenvalue weighted by atomic mass is 19.1. The highest BCUT2D eigenvalue weighted by Crippen LogP contribution is 2.28. The normalized spacial score (nSPS) is 24.9. The molecule has 1 N–H and O–H groups in total. The van der Waals surface area contributed by atoms with Gasteiger partial charge in [0.15, 0.2) is 0 Å². The van der Waals surface area contributed by atoms with Crippen LogP contribution in [-0.4, -0.2) is 29.6 Å². The fraction of sp³-hybridized carbons (Fsp3) is 0.647. The van der Waals surface area contributed by atoms with Gasteiger partial charge in [0.25, 0.3) is 0 Å². The van der Waals surface area contributed by atoms with Gasteiger partial charge in [-0.1, -0.05) is 31.9 Å². The van der Waals surface area contributed by atoms with Crippen LogP contribution >= 0.6 is 0 Å². The van der Waals surface area contributed by atoms with E-state index in [0.717, 1.165) is 12.5 Å². The van der Waals surface area contributed by atoms with Gasteiger partial charge < -0.3 is 10.0 Å². The molecule has 3 heteroatoms. The third kappa shape index (κ3) is 4.03. The molecule has 0 aliphatic heterocycles. The van der Waals surface area contributed by atoms with Gasteiger partial charge in [0.2, 0.25) is 0 Å². The maximum absolute atomic E-state index is 13.1. The summed E-state index contributed by atoms with van der Waals surface area (Å²) in [6.07, 6.45) is 5.30. The zero-order valence-electron chi connectivity index (χ0n) is 12.6. The third-order valence-corrected chi connectivity index (χ3v) is 4.62. The molecule has 0 amide bonds. The third-order valence-electron chi connectivity index (χ3n) is 4.62. The van der Waals surface area contributed by atoms with E-state index >= 15 is 0 Å². The molecular formula is C17H26FNO. The van der Waals surface area contributed by atoms with E-state index in [1.54, 1.807) is 12.1 Å². The number of halogens is 1. The van der Waals surface area contributed by atoms with E-state index in [4.69, 9.17) is 0 Å². The minimum atomic E-state index is -0.577. The van der Waals surface area contributed by atoms with Crippen molar-refractivity contribution in [2.75, 3.05) is 13.6 Å².